The van der Waals surface area contributed by atoms with Crippen molar-refractivity contribution in [3.05, 3.63) is 42.0 Å². The Hall–Kier alpha value is -4.75. The number of nitrogens with one attached hydrogen (secondary N) is 4. The zero-order valence-corrected chi connectivity index (χ0v) is 28.4. The summed E-state index contributed by atoms with van der Waals surface area (Å²) in [6.45, 7) is 9.45. The summed E-state index contributed by atoms with van der Waals surface area (Å²) in [7, 11) is 0. The summed E-state index contributed by atoms with van der Waals surface area (Å²) in [5.74, 6) is -2.87. The van der Waals surface area contributed by atoms with Crippen molar-refractivity contribution in [2.24, 2.45) is 23.0 Å². The smallest absolute Gasteiger partial charge is 0.312 e. The molecule has 1 aliphatic carbocycles. The molecule has 14 nitrogen and oxygen atoms in total. The average Bonchev–Trinajstić information content (AvgIpc) is 3.61. The van der Waals surface area contributed by atoms with Gasteiger partial charge in [0.1, 0.15) is 18.2 Å². The molecular formula is C34H48N6O8. The van der Waals surface area contributed by atoms with Crippen molar-refractivity contribution < 1.29 is 38.3 Å². The SMILES string of the molecule is CC(C)[C@H](NC(=O)CCCCCN1C(=O)C=CC1=O)C(=O)NC1(C(=O)Nc2ccc(COC(=O)C(C)(C)C)cc2)C[C@H]1CCNC(N)=O. The van der Waals surface area contributed by atoms with Gasteiger partial charge in [0.2, 0.25) is 17.7 Å². The predicted octanol–water partition coefficient (Wildman–Crippen LogP) is 2.27. The van der Waals surface area contributed by atoms with Gasteiger partial charge in [-0.05, 0) is 76.0 Å². The van der Waals surface area contributed by atoms with Gasteiger partial charge in [0.15, 0.2) is 0 Å². The summed E-state index contributed by atoms with van der Waals surface area (Å²) in [5, 5.41) is 11.1. The molecule has 0 bridgehead atoms. The van der Waals surface area contributed by atoms with Gasteiger partial charge >= 0.3 is 12.0 Å². The molecule has 1 aromatic carbocycles. The molecular weight excluding hydrogens is 620 g/mol. The van der Waals surface area contributed by atoms with E-state index >= 15 is 0 Å². The van der Waals surface area contributed by atoms with Crippen molar-refractivity contribution in [2.75, 3.05) is 18.4 Å². The molecule has 0 radical (unpaired) electrons. The van der Waals surface area contributed by atoms with Gasteiger partial charge in [0.05, 0.1) is 5.41 Å². The molecule has 0 spiro atoms. The number of ether oxygens (including phenoxy) is 1. The fraction of sp³-hybridized carbons (Fsp3) is 0.559. The quantitative estimate of drug-likeness (QED) is 0.0943. The maximum absolute atomic E-state index is 13.7. The third kappa shape index (κ3) is 10.6. The van der Waals surface area contributed by atoms with Crippen LogP contribution in [0.3, 0.4) is 0 Å². The minimum atomic E-state index is -1.27. The number of anilines is 1. The summed E-state index contributed by atoms with van der Waals surface area (Å²) in [5.41, 5.74) is 4.51. The van der Waals surface area contributed by atoms with Crippen LogP contribution in [-0.2, 0) is 40.1 Å². The number of nitrogens with two attached hydrogens (primary N) is 1. The van der Waals surface area contributed by atoms with Crippen LogP contribution in [0.1, 0.15) is 78.7 Å². The Balaban J connectivity index is 1.58. The van der Waals surface area contributed by atoms with E-state index in [0.29, 0.717) is 37.8 Å². The van der Waals surface area contributed by atoms with Crippen LogP contribution in [0.2, 0.25) is 0 Å². The number of rotatable bonds is 17. The Bertz CT molecular complexity index is 1400. The molecule has 2 aliphatic rings. The van der Waals surface area contributed by atoms with Gasteiger partial charge in [-0.3, -0.25) is 33.7 Å². The summed E-state index contributed by atoms with van der Waals surface area (Å²) in [6.07, 6.45) is 4.98. The summed E-state index contributed by atoms with van der Waals surface area (Å²) in [4.78, 5) is 87.8. The Labute approximate surface area is 280 Å². The molecule has 1 fully saturated rings. The number of hydrogen-bond donors (Lipinski definition) is 5. The van der Waals surface area contributed by atoms with Gasteiger partial charge in [0, 0.05) is 37.3 Å². The van der Waals surface area contributed by atoms with Crippen molar-refractivity contribution in [1.29, 1.82) is 0 Å². The zero-order valence-electron chi connectivity index (χ0n) is 28.4. The van der Waals surface area contributed by atoms with E-state index in [0.717, 1.165) is 10.5 Å². The molecule has 262 valence electrons. The monoisotopic (exact) mass is 668 g/mol. The number of primary amides is 1. The van der Waals surface area contributed by atoms with Crippen LogP contribution in [0, 0.1) is 17.3 Å². The van der Waals surface area contributed by atoms with Crippen LogP contribution >= 0.6 is 0 Å². The Morgan fingerprint density at radius 1 is 1.00 bits per heavy atom. The number of nitrogens with zero attached hydrogens (tertiary/aromatic N) is 1. The summed E-state index contributed by atoms with van der Waals surface area (Å²) in [6, 6.07) is 5.20. The molecule has 48 heavy (non-hydrogen) atoms. The van der Waals surface area contributed by atoms with Gasteiger partial charge in [-0.2, -0.15) is 0 Å². The molecule has 1 aromatic rings. The minimum Gasteiger partial charge on any atom is -0.460 e. The van der Waals surface area contributed by atoms with Crippen LogP contribution in [0.25, 0.3) is 0 Å². The maximum atomic E-state index is 13.7. The number of carbonyl (C=O) groups excluding carboxylic acids is 7. The Kier molecular flexibility index (Phi) is 12.9. The van der Waals surface area contributed by atoms with Crippen LogP contribution < -0.4 is 27.0 Å². The highest BCUT2D eigenvalue weighted by Gasteiger charge is 2.61. The van der Waals surface area contributed by atoms with E-state index < -0.39 is 34.8 Å². The highest BCUT2D eigenvalue weighted by atomic mass is 16.5. The average molecular weight is 669 g/mol. The molecule has 1 unspecified atom stereocenters. The lowest BCUT2D eigenvalue weighted by molar-refractivity contribution is -0.154. The number of esters is 1. The molecule has 1 heterocycles. The summed E-state index contributed by atoms with van der Waals surface area (Å²) < 4.78 is 5.35. The van der Waals surface area contributed by atoms with Crippen LogP contribution in [0.15, 0.2) is 36.4 Å². The second-order valence-electron chi connectivity index (χ2n) is 13.7. The van der Waals surface area contributed by atoms with Gasteiger partial charge in [0.25, 0.3) is 11.8 Å². The number of imide groups is 1. The largest absolute Gasteiger partial charge is 0.460 e. The lowest BCUT2D eigenvalue weighted by Crippen LogP contribution is -2.56. The molecule has 6 N–H and O–H groups in total. The van der Waals surface area contributed by atoms with Crippen molar-refractivity contribution in [1.82, 2.24) is 20.9 Å². The van der Waals surface area contributed by atoms with Crippen molar-refractivity contribution in [3.63, 3.8) is 0 Å². The van der Waals surface area contributed by atoms with Crippen LogP contribution in [-0.4, -0.2) is 71.1 Å². The van der Waals surface area contributed by atoms with Crippen molar-refractivity contribution in [3.8, 4) is 0 Å². The second kappa shape index (κ2) is 16.4. The number of unbranched alkanes of at least 4 members (excludes halogenated alkanes) is 2. The molecule has 14 heteroatoms. The van der Waals surface area contributed by atoms with E-state index in [1.165, 1.54) is 12.2 Å². The molecule has 7 amide bonds. The predicted molar refractivity (Wildman–Crippen MR) is 177 cm³/mol. The molecule has 0 saturated heterocycles. The molecule has 1 saturated carbocycles. The Morgan fingerprint density at radius 3 is 2.23 bits per heavy atom. The first kappa shape index (κ1) is 37.7. The van der Waals surface area contributed by atoms with Crippen molar-refractivity contribution in [2.45, 2.75) is 91.3 Å². The van der Waals surface area contributed by atoms with E-state index in [9.17, 15) is 33.6 Å². The number of urea groups is 1. The molecule has 3 atom stereocenters. The van der Waals surface area contributed by atoms with E-state index in [4.69, 9.17) is 10.5 Å². The number of hydrogen-bond acceptors (Lipinski definition) is 8. The number of amides is 7. The highest BCUT2D eigenvalue weighted by Crippen LogP contribution is 2.46. The van der Waals surface area contributed by atoms with Gasteiger partial charge in [-0.1, -0.05) is 32.4 Å². The highest BCUT2D eigenvalue weighted by molar-refractivity contribution is 6.12. The van der Waals surface area contributed by atoms with E-state index in [2.05, 4.69) is 21.3 Å². The lowest BCUT2D eigenvalue weighted by atomic mass is 9.97. The second-order valence-corrected chi connectivity index (χ2v) is 13.7. The van der Waals surface area contributed by atoms with E-state index in [1.807, 2.05) is 0 Å². The molecule has 1 aliphatic heterocycles. The van der Waals surface area contributed by atoms with Crippen LogP contribution in [0.4, 0.5) is 10.5 Å². The Morgan fingerprint density at radius 2 is 1.65 bits per heavy atom. The first-order chi connectivity index (χ1) is 22.5. The fourth-order valence-corrected chi connectivity index (χ4v) is 5.29. The third-order valence-corrected chi connectivity index (χ3v) is 8.29. The summed E-state index contributed by atoms with van der Waals surface area (Å²) >= 11 is 0. The third-order valence-electron chi connectivity index (χ3n) is 8.29. The zero-order chi connectivity index (χ0) is 35.6. The van der Waals surface area contributed by atoms with Crippen molar-refractivity contribution >= 4 is 47.2 Å². The standard InChI is InChI=1S/C34H48N6O8/c1-21(2)28(38-25(41)9-7-6-8-18-40-26(42)14-15-27(40)43)29(44)39-34(19-23(34)16-17-36-32(35)47)30(45)37-24-12-10-22(11-13-24)20-48-31(46)33(3,4)5/h10-15,21,23,28H,6-9,16-20H2,1-5H3,(H,37,45)(H,38,41)(H,39,44)(H3,35,36,47)/t23-,28+,34?/m1/s1. The molecule has 0 aromatic heterocycles. The van der Waals surface area contributed by atoms with Crippen LogP contribution in [0.5, 0.6) is 0 Å². The first-order valence-corrected chi connectivity index (χ1v) is 16.3. The minimum absolute atomic E-state index is 0.0832. The molecule has 3 rings (SSSR count). The normalized spacial score (nSPS) is 19.1. The fourth-order valence-electron chi connectivity index (χ4n) is 5.29. The maximum Gasteiger partial charge on any atom is 0.312 e. The van der Waals surface area contributed by atoms with E-state index in [-0.39, 0.29) is 61.6 Å². The number of benzene rings is 1. The number of carbonyl (C=O) groups is 7. The van der Waals surface area contributed by atoms with Gasteiger partial charge in [-0.15, -0.1) is 0 Å². The first-order valence-electron chi connectivity index (χ1n) is 16.3. The van der Waals surface area contributed by atoms with Gasteiger partial charge < -0.3 is 31.7 Å². The lowest BCUT2D eigenvalue weighted by Gasteiger charge is -2.26. The van der Waals surface area contributed by atoms with E-state index in [1.54, 1.807) is 58.9 Å². The van der Waals surface area contributed by atoms with Gasteiger partial charge in [-0.25, -0.2) is 4.79 Å². The topological polar surface area (TPSA) is 206 Å².